The van der Waals surface area contributed by atoms with Gasteiger partial charge in [0.25, 0.3) is 0 Å². The second-order valence-corrected chi connectivity index (χ2v) is 9.66. The standard InChI is InChI=1S/C30H52O2/c1-3-4-5-6-7-8-9-10-11-12-13-14-15-16-17-18-19-20-24-27-30(31)32-28(2)29-25-22-21-23-26-29/h21-23,25-26,28H,3-20,24,27H2,1-2H3. The molecule has 0 amide bonds. The molecule has 0 heterocycles. The maximum atomic E-state index is 12.0. The number of unbranched alkanes of at least 4 members (excludes halogenated alkanes) is 18. The third kappa shape index (κ3) is 17.3. The number of rotatable bonds is 22. The Morgan fingerprint density at radius 2 is 1.00 bits per heavy atom. The number of hydrogen-bond donors (Lipinski definition) is 0. The van der Waals surface area contributed by atoms with Crippen LogP contribution in [0.2, 0.25) is 0 Å². The highest BCUT2D eigenvalue weighted by Gasteiger charge is 2.10. The number of hydrogen-bond acceptors (Lipinski definition) is 2. The molecule has 1 atom stereocenters. The summed E-state index contributed by atoms with van der Waals surface area (Å²) in [5, 5.41) is 0. The van der Waals surface area contributed by atoms with E-state index in [9.17, 15) is 4.79 Å². The molecule has 1 unspecified atom stereocenters. The molecule has 184 valence electrons. The predicted octanol–water partition coefficient (Wildman–Crippen LogP) is 10.1. The van der Waals surface area contributed by atoms with Gasteiger partial charge in [-0.2, -0.15) is 0 Å². The molecule has 0 N–H and O–H groups in total. The first-order chi connectivity index (χ1) is 15.7. The maximum absolute atomic E-state index is 12.0. The van der Waals surface area contributed by atoms with Gasteiger partial charge in [-0.3, -0.25) is 4.79 Å². The molecule has 0 aliphatic carbocycles. The second kappa shape index (κ2) is 21.5. The molecule has 0 saturated carbocycles. The molecule has 2 heteroatoms. The minimum absolute atomic E-state index is 0.0617. The number of ether oxygens (including phenoxy) is 1. The van der Waals surface area contributed by atoms with Crippen LogP contribution < -0.4 is 0 Å². The van der Waals surface area contributed by atoms with Crippen LogP contribution >= 0.6 is 0 Å². The van der Waals surface area contributed by atoms with E-state index in [1.54, 1.807) is 0 Å². The van der Waals surface area contributed by atoms with E-state index in [0.29, 0.717) is 6.42 Å². The summed E-state index contributed by atoms with van der Waals surface area (Å²) in [6, 6.07) is 9.97. The Labute approximate surface area is 199 Å². The van der Waals surface area contributed by atoms with Crippen LogP contribution in [0.1, 0.15) is 154 Å². The van der Waals surface area contributed by atoms with Gasteiger partial charge in [0.2, 0.25) is 0 Å². The molecular weight excluding hydrogens is 392 g/mol. The van der Waals surface area contributed by atoms with Crippen LogP contribution in [0, 0.1) is 0 Å². The van der Waals surface area contributed by atoms with Crippen molar-refractivity contribution in [2.24, 2.45) is 0 Å². The zero-order valence-electron chi connectivity index (χ0n) is 21.4. The van der Waals surface area contributed by atoms with Gasteiger partial charge in [-0.1, -0.05) is 153 Å². The van der Waals surface area contributed by atoms with Gasteiger partial charge in [0.1, 0.15) is 6.10 Å². The summed E-state index contributed by atoms with van der Waals surface area (Å²) in [7, 11) is 0. The smallest absolute Gasteiger partial charge is 0.306 e. The fourth-order valence-electron chi connectivity index (χ4n) is 4.40. The first-order valence-electron chi connectivity index (χ1n) is 14.0. The van der Waals surface area contributed by atoms with Crippen LogP contribution in [-0.2, 0) is 9.53 Å². The highest BCUT2D eigenvalue weighted by atomic mass is 16.5. The zero-order valence-corrected chi connectivity index (χ0v) is 21.4. The predicted molar refractivity (Wildman–Crippen MR) is 139 cm³/mol. The molecule has 0 saturated heterocycles. The fourth-order valence-corrected chi connectivity index (χ4v) is 4.40. The van der Waals surface area contributed by atoms with Gasteiger partial charge in [-0.15, -0.1) is 0 Å². The van der Waals surface area contributed by atoms with Gasteiger partial charge < -0.3 is 4.74 Å². The quantitative estimate of drug-likeness (QED) is 0.131. The number of benzene rings is 1. The Bertz CT molecular complexity index is 525. The van der Waals surface area contributed by atoms with Crippen LogP contribution in [0.3, 0.4) is 0 Å². The SMILES string of the molecule is CCCCCCCCCCCCCCCCCCCCCC(=O)OC(C)c1ccccc1. The van der Waals surface area contributed by atoms with Crippen LogP contribution in [-0.4, -0.2) is 5.97 Å². The van der Waals surface area contributed by atoms with Crippen molar-refractivity contribution in [1.82, 2.24) is 0 Å². The molecule has 0 spiro atoms. The molecule has 0 bridgehead atoms. The lowest BCUT2D eigenvalue weighted by Crippen LogP contribution is -2.08. The van der Waals surface area contributed by atoms with Crippen molar-refractivity contribution < 1.29 is 9.53 Å². The Morgan fingerprint density at radius 3 is 1.41 bits per heavy atom. The van der Waals surface area contributed by atoms with Crippen molar-refractivity contribution in [3.8, 4) is 0 Å². The molecule has 2 nitrogen and oxygen atoms in total. The Kier molecular flexibility index (Phi) is 19.3. The second-order valence-electron chi connectivity index (χ2n) is 9.66. The van der Waals surface area contributed by atoms with Crippen LogP contribution in [0.4, 0.5) is 0 Å². The highest BCUT2D eigenvalue weighted by molar-refractivity contribution is 5.69. The fraction of sp³-hybridized carbons (Fsp3) is 0.767. The van der Waals surface area contributed by atoms with Crippen molar-refractivity contribution in [3.05, 3.63) is 35.9 Å². The normalized spacial score (nSPS) is 12.1. The summed E-state index contributed by atoms with van der Waals surface area (Å²) < 4.78 is 5.53. The van der Waals surface area contributed by atoms with Crippen molar-refractivity contribution in [2.75, 3.05) is 0 Å². The average Bonchev–Trinajstić information content (AvgIpc) is 2.81. The van der Waals surface area contributed by atoms with Gasteiger partial charge in [-0.05, 0) is 18.9 Å². The molecule has 32 heavy (non-hydrogen) atoms. The summed E-state index contributed by atoms with van der Waals surface area (Å²) in [6.45, 7) is 4.24. The van der Waals surface area contributed by atoms with Crippen LogP contribution in [0.15, 0.2) is 30.3 Å². The number of esters is 1. The van der Waals surface area contributed by atoms with Gasteiger partial charge in [0.15, 0.2) is 0 Å². The van der Waals surface area contributed by atoms with Gasteiger partial charge in [-0.25, -0.2) is 0 Å². The lowest BCUT2D eigenvalue weighted by Gasteiger charge is -2.13. The topological polar surface area (TPSA) is 26.3 Å². The monoisotopic (exact) mass is 444 g/mol. The molecule has 0 aliphatic rings. The summed E-state index contributed by atoms with van der Waals surface area (Å²) in [5.41, 5.74) is 1.06. The zero-order chi connectivity index (χ0) is 23.1. The van der Waals surface area contributed by atoms with E-state index in [1.165, 1.54) is 109 Å². The van der Waals surface area contributed by atoms with Crippen molar-refractivity contribution in [2.45, 2.75) is 148 Å². The first-order valence-corrected chi connectivity index (χ1v) is 14.0. The summed E-state index contributed by atoms with van der Waals surface area (Å²) in [4.78, 5) is 12.0. The van der Waals surface area contributed by atoms with Crippen LogP contribution in [0.5, 0.6) is 0 Å². The number of carbonyl (C=O) groups is 1. The average molecular weight is 445 g/mol. The van der Waals surface area contributed by atoms with E-state index < -0.39 is 0 Å². The van der Waals surface area contributed by atoms with Crippen molar-refractivity contribution in [3.63, 3.8) is 0 Å². The summed E-state index contributed by atoms with van der Waals surface area (Å²) in [5.74, 6) is -0.0617. The molecule has 1 rings (SSSR count). The van der Waals surface area contributed by atoms with E-state index in [1.807, 2.05) is 37.3 Å². The third-order valence-corrected chi connectivity index (χ3v) is 6.56. The first kappa shape index (κ1) is 28.7. The van der Waals surface area contributed by atoms with E-state index in [-0.39, 0.29) is 12.1 Å². The minimum atomic E-state index is -0.149. The van der Waals surface area contributed by atoms with Crippen molar-refractivity contribution >= 4 is 5.97 Å². The largest absolute Gasteiger partial charge is 0.458 e. The Morgan fingerprint density at radius 1 is 0.625 bits per heavy atom. The summed E-state index contributed by atoms with van der Waals surface area (Å²) >= 11 is 0. The molecule has 0 radical (unpaired) electrons. The third-order valence-electron chi connectivity index (χ3n) is 6.56. The lowest BCUT2D eigenvalue weighted by atomic mass is 10.0. The summed E-state index contributed by atoms with van der Waals surface area (Å²) in [6.07, 6.45) is 26.4. The molecule has 0 fully saturated rings. The molecule has 0 aliphatic heterocycles. The van der Waals surface area contributed by atoms with E-state index in [2.05, 4.69) is 6.92 Å². The number of carbonyl (C=O) groups excluding carboxylic acids is 1. The van der Waals surface area contributed by atoms with E-state index in [0.717, 1.165) is 18.4 Å². The van der Waals surface area contributed by atoms with E-state index in [4.69, 9.17) is 4.74 Å². The van der Waals surface area contributed by atoms with Crippen molar-refractivity contribution in [1.29, 1.82) is 0 Å². The van der Waals surface area contributed by atoms with Crippen LogP contribution in [0.25, 0.3) is 0 Å². The molecule has 0 aromatic heterocycles. The van der Waals surface area contributed by atoms with Gasteiger partial charge in [0.05, 0.1) is 0 Å². The molecular formula is C30H52O2. The maximum Gasteiger partial charge on any atom is 0.306 e. The molecule has 1 aromatic carbocycles. The lowest BCUT2D eigenvalue weighted by molar-refractivity contribution is -0.148. The Hall–Kier alpha value is -1.31. The van der Waals surface area contributed by atoms with Gasteiger partial charge >= 0.3 is 5.97 Å². The van der Waals surface area contributed by atoms with Gasteiger partial charge in [0, 0.05) is 6.42 Å². The van der Waals surface area contributed by atoms with E-state index >= 15 is 0 Å². The highest BCUT2D eigenvalue weighted by Crippen LogP contribution is 2.18. The molecule has 1 aromatic rings. The Balaban J connectivity index is 1.77. The minimum Gasteiger partial charge on any atom is -0.458 e.